The van der Waals surface area contributed by atoms with Gasteiger partial charge < -0.3 is 20.8 Å². The highest BCUT2D eigenvalue weighted by Gasteiger charge is 2.13. The Hall–Kier alpha value is -3.14. The minimum absolute atomic E-state index is 0.179. The lowest BCUT2D eigenvalue weighted by molar-refractivity contribution is 0.475. The van der Waals surface area contributed by atoms with E-state index in [1.54, 1.807) is 36.4 Å². The van der Waals surface area contributed by atoms with Gasteiger partial charge >= 0.3 is 0 Å². The van der Waals surface area contributed by atoms with Gasteiger partial charge in [-0.05, 0) is 48.5 Å². The second kappa shape index (κ2) is 5.69. The van der Waals surface area contributed by atoms with Gasteiger partial charge in [0.1, 0.15) is 11.5 Å². The largest absolute Gasteiger partial charge is 0.508 e. The maximum atomic E-state index is 9.76. The Labute approximate surface area is 128 Å². The van der Waals surface area contributed by atoms with E-state index in [0.29, 0.717) is 5.69 Å². The van der Waals surface area contributed by atoms with E-state index in [-0.39, 0.29) is 11.5 Å². The van der Waals surface area contributed by atoms with Crippen molar-refractivity contribution in [2.75, 3.05) is 10.6 Å². The van der Waals surface area contributed by atoms with E-state index in [0.717, 1.165) is 17.1 Å². The predicted octanol–water partition coefficient (Wildman–Crippen LogP) is 4.15. The molecule has 0 aliphatic rings. The average Bonchev–Trinajstić information content (AvgIpc) is 2.50. The number of aromatic hydroxyl groups is 2. The molecule has 0 aromatic heterocycles. The van der Waals surface area contributed by atoms with Gasteiger partial charge in [-0.3, -0.25) is 0 Å². The van der Waals surface area contributed by atoms with Crippen LogP contribution in [0, 0.1) is 0 Å². The lowest BCUT2D eigenvalue weighted by Crippen LogP contribution is -2.09. The summed E-state index contributed by atoms with van der Waals surface area (Å²) in [4.78, 5) is 1.93. The minimum atomic E-state index is 0.179. The molecule has 4 N–H and O–H groups in total. The van der Waals surface area contributed by atoms with E-state index in [1.165, 1.54) is 0 Å². The maximum absolute atomic E-state index is 9.76. The van der Waals surface area contributed by atoms with Crippen molar-refractivity contribution in [3.05, 3.63) is 72.8 Å². The zero-order chi connectivity index (χ0) is 15.5. The monoisotopic (exact) mass is 292 g/mol. The molecular weight excluding hydrogens is 276 g/mol. The summed E-state index contributed by atoms with van der Waals surface area (Å²) in [5.41, 5.74) is 8.89. The normalized spacial score (nSPS) is 10.4. The van der Waals surface area contributed by atoms with Gasteiger partial charge in [0.05, 0.1) is 0 Å². The summed E-state index contributed by atoms with van der Waals surface area (Å²) in [6, 6.07) is 21.3. The SMILES string of the molecule is Nc1ccc(N(c2cccc(O)c2)c2cccc(O)c2)cc1. The van der Waals surface area contributed by atoms with Crippen molar-refractivity contribution in [2.45, 2.75) is 0 Å². The fourth-order valence-electron chi connectivity index (χ4n) is 2.33. The molecule has 0 amide bonds. The van der Waals surface area contributed by atoms with Gasteiger partial charge in [0, 0.05) is 34.9 Å². The lowest BCUT2D eigenvalue weighted by Gasteiger charge is -2.25. The van der Waals surface area contributed by atoms with Gasteiger partial charge in [0.15, 0.2) is 0 Å². The van der Waals surface area contributed by atoms with Crippen molar-refractivity contribution in [1.29, 1.82) is 0 Å². The Balaban J connectivity index is 2.15. The van der Waals surface area contributed by atoms with Crippen LogP contribution in [-0.4, -0.2) is 10.2 Å². The van der Waals surface area contributed by atoms with E-state index >= 15 is 0 Å². The van der Waals surface area contributed by atoms with Gasteiger partial charge in [-0.2, -0.15) is 0 Å². The molecule has 3 aromatic carbocycles. The first-order valence-corrected chi connectivity index (χ1v) is 6.87. The zero-order valence-electron chi connectivity index (χ0n) is 11.8. The third kappa shape index (κ3) is 2.81. The Kier molecular flexibility index (Phi) is 3.58. The fraction of sp³-hybridized carbons (Fsp3) is 0. The first kappa shape index (κ1) is 13.8. The van der Waals surface area contributed by atoms with Gasteiger partial charge in [0.25, 0.3) is 0 Å². The standard InChI is InChI=1S/C18H16N2O2/c19-13-7-9-14(10-8-13)20(15-3-1-5-17(21)11-15)16-4-2-6-18(22)12-16/h1-12,21-22H,19H2. The third-order valence-electron chi connectivity index (χ3n) is 3.33. The van der Waals surface area contributed by atoms with E-state index in [9.17, 15) is 10.2 Å². The molecule has 22 heavy (non-hydrogen) atoms. The molecule has 4 nitrogen and oxygen atoms in total. The number of benzene rings is 3. The van der Waals surface area contributed by atoms with Crippen molar-refractivity contribution in [1.82, 2.24) is 0 Å². The molecule has 0 bridgehead atoms. The molecule has 0 aliphatic carbocycles. The van der Waals surface area contributed by atoms with Crippen molar-refractivity contribution < 1.29 is 10.2 Å². The highest BCUT2D eigenvalue weighted by atomic mass is 16.3. The molecule has 0 unspecified atom stereocenters. The first-order chi connectivity index (χ1) is 10.6. The number of phenols is 2. The van der Waals surface area contributed by atoms with Crippen LogP contribution in [0.3, 0.4) is 0 Å². The lowest BCUT2D eigenvalue weighted by atomic mass is 10.1. The number of phenolic OH excluding ortho intramolecular Hbond substituents is 2. The number of rotatable bonds is 3. The van der Waals surface area contributed by atoms with Crippen LogP contribution < -0.4 is 10.6 Å². The number of nitrogen functional groups attached to an aromatic ring is 1. The molecule has 0 saturated carbocycles. The molecule has 4 heteroatoms. The summed E-state index contributed by atoms with van der Waals surface area (Å²) in [6.07, 6.45) is 0. The third-order valence-corrected chi connectivity index (χ3v) is 3.33. The van der Waals surface area contributed by atoms with Crippen LogP contribution in [0.25, 0.3) is 0 Å². The number of nitrogens with two attached hydrogens (primary N) is 1. The van der Waals surface area contributed by atoms with Crippen LogP contribution in [0.5, 0.6) is 11.5 Å². The molecule has 3 rings (SSSR count). The van der Waals surface area contributed by atoms with Gasteiger partial charge in [-0.15, -0.1) is 0 Å². The summed E-state index contributed by atoms with van der Waals surface area (Å²) in [5.74, 6) is 0.358. The van der Waals surface area contributed by atoms with Crippen LogP contribution in [0.4, 0.5) is 22.7 Å². The van der Waals surface area contributed by atoms with Crippen LogP contribution in [0.15, 0.2) is 72.8 Å². The molecule has 0 saturated heterocycles. The molecule has 3 aromatic rings. The van der Waals surface area contributed by atoms with Crippen LogP contribution in [0.1, 0.15) is 0 Å². The summed E-state index contributed by atoms with van der Waals surface area (Å²) >= 11 is 0. The molecule has 0 spiro atoms. The van der Waals surface area contributed by atoms with Crippen LogP contribution in [-0.2, 0) is 0 Å². The zero-order valence-corrected chi connectivity index (χ0v) is 11.8. The van der Waals surface area contributed by atoms with Gasteiger partial charge in [-0.1, -0.05) is 12.1 Å². The summed E-state index contributed by atoms with van der Waals surface area (Å²) in [5, 5.41) is 19.5. The highest BCUT2D eigenvalue weighted by Crippen LogP contribution is 2.37. The van der Waals surface area contributed by atoms with Crippen LogP contribution in [0.2, 0.25) is 0 Å². The summed E-state index contributed by atoms with van der Waals surface area (Å²) < 4.78 is 0. The number of hydrogen-bond donors (Lipinski definition) is 3. The molecular formula is C18H16N2O2. The molecule has 0 radical (unpaired) electrons. The Morgan fingerprint density at radius 1 is 0.636 bits per heavy atom. The van der Waals surface area contributed by atoms with Crippen molar-refractivity contribution in [2.24, 2.45) is 0 Å². The van der Waals surface area contributed by atoms with Crippen LogP contribution >= 0.6 is 0 Å². The van der Waals surface area contributed by atoms with Gasteiger partial charge in [-0.25, -0.2) is 0 Å². The maximum Gasteiger partial charge on any atom is 0.117 e. The molecule has 0 aliphatic heterocycles. The predicted molar refractivity (Wildman–Crippen MR) is 88.9 cm³/mol. The van der Waals surface area contributed by atoms with Gasteiger partial charge in [0.2, 0.25) is 0 Å². The molecule has 110 valence electrons. The van der Waals surface area contributed by atoms with E-state index in [4.69, 9.17) is 5.73 Å². The molecule has 0 heterocycles. The van der Waals surface area contributed by atoms with Crippen molar-refractivity contribution in [3.8, 4) is 11.5 Å². The Bertz CT molecular complexity index is 740. The Morgan fingerprint density at radius 3 is 1.59 bits per heavy atom. The average molecular weight is 292 g/mol. The smallest absolute Gasteiger partial charge is 0.117 e. The second-order valence-corrected chi connectivity index (χ2v) is 4.97. The summed E-state index contributed by atoms with van der Waals surface area (Å²) in [6.45, 7) is 0. The number of hydrogen-bond acceptors (Lipinski definition) is 4. The minimum Gasteiger partial charge on any atom is -0.508 e. The highest BCUT2D eigenvalue weighted by molar-refractivity contribution is 5.78. The summed E-state index contributed by atoms with van der Waals surface area (Å²) in [7, 11) is 0. The quantitative estimate of drug-likeness (QED) is 0.634. The van der Waals surface area contributed by atoms with Crippen molar-refractivity contribution >= 4 is 22.7 Å². The topological polar surface area (TPSA) is 69.7 Å². The number of nitrogens with zero attached hydrogens (tertiary/aromatic N) is 1. The fourth-order valence-corrected chi connectivity index (χ4v) is 2.33. The van der Waals surface area contributed by atoms with Crippen molar-refractivity contribution in [3.63, 3.8) is 0 Å². The first-order valence-electron chi connectivity index (χ1n) is 6.87. The molecule has 0 atom stereocenters. The van der Waals surface area contributed by atoms with E-state index in [1.807, 2.05) is 41.3 Å². The second-order valence-electron chi connectivity index (χ2n) is 4.97. The van der Waals surface area contributed by atoms with E-state index in [2.05, 4.69) is 0 Å². The number of anilines is 4. The van der Waals surface area contributed by atoms with E-state index < -0.39 is 0 Å². The Morgan fingerprint density at radius 2 is 1.14 bits per heavy atom. The molecule has 0 fully saturated rings.